The Bertz CT molecular complexity index is 1790. The predicted molar refractivity (Wildman–Crippen MR) is 181 cm³/mol. The van der Waals surface area contributed by atoms with Gasteiger partial charge in [0.2, 0.25) is 0 Å². The van der Waals surface area contributed by atoms with Crippen LogP contribution in [0, 0.1) is 0 Å². The molecule has 0 spiro atoms. The number of hydrogen-bond donors (Lipinski definition) is 2. The average Bonchev–Trinajstić information content (AvgIpc) is 3.12. The van der Waals surface area contributed by atoms with Gasteiger partial charge in [-0.3, -0.25) is 19.6 Å². The van der Waals surface area contributed by atoms with Gasteiger partial charge in [0, 0.05) is 56.9 Å². The van der Waals surface area contributed by atoms with Gasteiger partial charge in [-0.1, -0.05) is 78.9 Å². The standard InChI is InChI=1S/C38H39N5O4/c44-26-28-13-15-29(16-14-28)36-22-32(25-43-19-17-42(18-20-43)24-27-7-2-1-3-8-27)46-38(47-36)30-9-6-10-31(21-30)40-37(45)35-23-39-33-11-4-5-12-34(33)41-35/h1-16,21,23,32,36,38,44H,17-20,22,24-26H2,(H,40,45)/t32-,36+,38+/m1/s1. The number of amides is 1. The molecule has 0 unspecified atom stereocenters. The monoisotopic (exact) mass is 629 g/mol. The van der Waals surface area contributed by atoms with Crippen LogP contribution in [0.4, 0.5) is 5.69 Å². The quantitative estimate of drug-likeness (QED) is 0.213. The average molecular weight is 630 g/mol. The molecule has 0 saturated carbocycles. The van der Waals surface area contributed by atoms with E-state index in [1.807, 2.05) is 72.8 Å². The molecule has 47 heavy (non-hydrogen) atoms. The van der Waals surface area contributed by atoms with E-state index < -0.39 is 6.29 Å². The summed E-state index contributed by atoms with van der Waals surface area (Å²) in [6, 6.07) is 33.6. The van der Waals surface area contributed by atoms with E-state index in [1.54, 1.807) is 0 Å². The Labute approximate surface area is 274 Å². The van der Waals surface area contributed by atoms with E-state index in [-0.39, 0.29) is 30.4 Å². The first kappa shape index (κ1) is 31.1. The maximum atomic E-state index is 13.1. The van der Waals surface area contributed by atoms with Gasteiger partial charge in [0.1, 0.15) is 5.69 Å². The topological polar surface area (TPSA) is 100 Å². The summed E-state index contributed by atoms with van der Waals surface area (Å²) >= 11 is 0. The second-order valence-corrected chi connectivity index (χ2v) is 12.2. The number of hydrogen-bond acceptors (Lipinski definition) is 8. The minimum Gasteiger partial charge on any atom is -0.392 e. The fourth-order valence-electron chi connectivity index (χ4n) is 6.32. The van der Waals surface area contributed by atoms with Crippen molar-refractivity contribution in [2.45, 2.75) is 38.1 Å². The molecule has 2 fully saturated rings. The van der Waals surface area contributed by atoms with E-state index in [4.69, 9.17) is 9.47 Å². The van der Waals surface area contributed by atoms with Gasteiger partial charge < -0.3 is 19.9 Å². The third kappa shape index (κ3) is 7.73. The van der Waals surface area contributed by atoms with Gasteiger partial charge >= 0.3 is 0 Å². The first-order chi connectivity index (χ1) is 23.1. The summed E-state index contributed by atoms with van der Waals surface area (Å²) in [5.74, 6) is -0.336. The number of carbonyl (C=O) groups excluding carboxylic acids is 1. The van der Waals surface area contributed by atoms with Gasteiger partial charge in [0.15, 0.2) is 6.29 Å². The van der Waals surface area contributed by atoms with Crippen LogP contribution in [0.25, 0.3) is 11.0 Å². The molecule has 9 nitrogen and oxygen atoms in total. The Morgan fingerprint density at radius 1 is 0.787 bits per heavy atom. The van der Waals surface area contributed by atoms with Crippen molar-refractivity contribution in [3.8, 4) is 0 Å². The summed E-state index contributed by atoms with van der Waals surface area (Å²) in [4.78, 5) is 27.0. The SMILES string of the molecule is O=C(Nc1cccc([C@H]2O[C@@H](CN3CCN(Cc4ccccc4)CC3)C[C@@H](c3ccc(CO)cc3)O2)c1)c1cnc2ccccc2n1. The molecule has 5 aromatic rings. The Morgan fingerprint density at radius 2 is 1.53 bits per heavy atom. The highest BCUT2D eigenvalue weighted by Crippen LogP contribution is 2.39. The molecule has 2 saturated heterocycles. The van der Waals surface area contributed by atoms with Crippen LogP contribution in [0.1, 0.15) is 51.6 Å². The predicted octanol–water partition coefficient (Wildman–Crippen LogP) is 5.74. The molecular formula is C38H39N5O4. The van der Waals surface area contributed by atoms with E-state index in [9.17, 15) is 9.90 Å². The molecule has 1 amide bonds. The lowest BCUT2D eigenvalue weighted by Crippen LogP contribution is -2.49. The Morgan fingerprint density at radius 3 is 2.32 bits per heavy atom. The highest BCUT2D eigenvalue weighted by Gasteiger charge is 2.34. The number of nitrogens with zero attached hydrogens (tertiary/aromatic N) is 4. The number of anilines is 1. The van der Waals surface area contributed by atoms with E-state index in [0.717, 1.165) is 67.9 Å². The van der Waals surface area contributed by atoms with Crippen LogP contribution in [0.15, 0.2) is 109 Å². The number of carbonyl (C=O) groups is 1. The third-order valence-electron chi connectivity index (χ3n) is 8.89. The fourth-order valence-corrected chi connectivity index (χ4v) is 6.32. The summed E-state index contributed by atoms with van der Waals surface area (Å²) in [6.07, 6.45) is 1.36. The number of aliphatic hydroxyl groups excluding tert-OH is 1. The van der Waals surface area contributed by atoms with Crippen LogP contribution in [-0.4, -0.2) is 69.6 Å². The molecule has 0 aliphatic carbocycles. The normalized spacial score (nSPS) is 20.7. The number of aromatic nitrogens is 2. The number of fused-ring (bicyclic) bond motifs is 1. The maximum absolute atomic E-state index is 13.1. The van der Waals surface area contributed by atoms with Gasteiger partial charge in [0.25, 0.3) is 5.91 Å². The first-order valence-electron chi connectivity index (χ1n) is 16.2. The van der Waals surface area contributed by atoms with Gasteiger partial charge in [-0.15, -0.1) is 0 Å². The minimum absolute atomic E-state index is 0.000282. The maximum Gasteiger partial charge on any atom is 0.275 e. The minimum atomic E-state index is -0.618. The van der Waals surface area contributed by atoms with Crippen molar-refractivity contribution in [2.75, 3.05) is 38.0 Å². The van der Waals surface area contributed by atoms with Gasteiger partial charge in [-0.25, -0.2) is 4.98 Å². The number of ether oxygens (including phenoxy) is 2. The third-order valence-corrected chi connectivity index (χ3v) is 8.89. The summed E-state index contributed by atoms with van der Waals surface area (Å²) in [5.41, 5.74) is 6.34. The lowest BCUT2D eigenvalue weighted by Gasteiger charge is -2.41. The van der Waals surface area contributed by atoms with E-state index in [2.05, 4.69) is 55.4 Å². The molecule has 0 radical (unpaired) electrons. The second-order valence-electron chi connectivity index (χ2n) is 12.2. The molecule has 3 heterocycles. The molecule has 3 atom stereocenters. The fraction of sp³-hybridized carbons (Fsp3) is 0.289. The van der Waals surface area contributed by atoms with Crippen molar-refractivity contribution in [3.05, 3.63) is 137 Å². The van der Waals surface area contributed by atoms with Crippen molar-refractivity contribution >= 4 is 22.6 Å². The smallest absolute Gasteiger partial charge is 0.275 e. The number of aliphatic hydroxyl groups is 1. The van der Waals surface area contributed by atoms with Crippen molar-refractivity contribution in [1.29, 1.82) is 0 Å². The second kappa shape index (κ2) is 14.5. The molecule has 9 heteroatoms. The molecule has 1 aromatic heterocycles. The van der Waals surface area contributed by atoms with E-state index in [0.29, 0.717) is 11.2 Å². The number of benzene rings is 4. The van der Waals surface area contributed by atoms with Gasteiger partial charge in [0.05, 0.1) is 36.0 Å². The molecule has 0 bridgehead atoms. The molecule has 2 aliphatic rings. The van der Waals surface area contributed by atoms with Crippen LogP contribution in [0.2, 0.25) is 0 Å². The van der Waals surface area contributed by atoms with Gasteiger partial charge in [-0.2, -0.15) is 0 Å². The van der Waals surface area contributed by atoms with Crippen molar-refractivity contribution in [1.82, 2.24) is 19.8 Å². The zero-order valence-corrected chi connectivity index (χ0v) is 26.2. The zero-order chi connectivity index (χ0) is 32.0. The highest BCUT2D eigenvalue weighted by atomic mass is 16.7. The van der Waals surface area contributed by atoms with Crippen LogP contribution >= 0.6 is 0 Å². The highest BCUT2D eigenvalue weighted by molar-refractivity contribution is 6.03. The first-order valence-corrected chi connectivity index (χ1v) is 16.2. The summed E-state index contributed by atoms with van der Waals surface area (Å²) < 4.78 is 13.2. The molecule has 2 aliphatic heterocycles. The number of rotatable bonds is 9. The Hall–Kier alpha value is -4.51. The summed E-state index contributed by atoms with van der Waals surface area (Å²) in [6.45, 7) is 5.76. The Kier molecular flexibility index (Phi) is 9.60. The van der Waals surface area contributed by atoms with Crippen molar-refractivity contribution in [2.24, 2.45) is 0 Å². The van der Waals surface area contributed by atoms with E-state index in [1.165, 1.54) is 11.8 Å². The van der Waals surface area contributed by atoms with Crippen LogP contribution in [-0.2, 0) is 22.6 Å². The lowest BCUT2D eigenvalue weighted by atomic mass is 9.99. The van der Waals surface area contributed by atoms with Crippen LogP contribution < -0.4 is 5.32 Å². The largest absolute Gasteiger partial charge is 0.392 e. The number of para-hydroxylation sites is 2. The number of nitrogens with one attached hydrogen (secondary N) is 1. The zero-order valence-electron chi connectivity index (χ0n) is 26.2. The lowest BCUT2D eigenvalue weighted by molar-refractivity contribution is -0.253. The summed E-state index contributed by atoms with van der Waals surface area (Å²) in [7, 11) is 0. The molecule has 2 N–H and O–H groups in total. The van der Waals surface area contributed by atoms with Crippen molar-refractivity contribution in [3.63, 3.8) is 0 Å². The number of piperazine rings is 1. The molecule has 4 aromatic carbocycles. The van der Waals surface area contributed by atoms with Crippen molar-refractivity contribution < 1.29 is 19.4 Å². The van der Waals surface area contributed by atoms with Gasteiger partial charge in [-0.05, 0) is 41.0 Å². The van der Waals surface area contributed by atoms with E-state index >= 15 is 0 Å². The summed E-state index contributed by atoms with van der Waals surface area (Å²) in [5, 5.41) is 12.5. The molecular weight excluding hydrogens is 590 g/mol. The molecule has 7 rings (SSSR count). The molecule has 240 valence electrons. The van der Waals surface area contributed by atoms with Crippen LogP contribution in [0.5, 0.6) is 0 Å². The van der Waals surface area contributed by atoms with Crippen LogP contribution in [0.3, 0.4) is 0 Å². The Balaban J connectivity index is 1.05.